The summed E-state index contributed by atoms with van der Waals surface area (Å²) in [7, 11) is -2.53. The Morgan fingerprint density at radius 3 is 1.55 bits per heavy atom. The van der Waals surface area contributed by atoms with Crippen LogP contribution in [0, 0.1) is 38.0 Å². The van der Waals surface area contributed by atoms with Crippen LogP contribution in [-0.4, -0.2) is 22.1 Å². The second kappa shape index (κ2) is 20.3. The Labute approximate surface area is 261 Å². The molecule has 2 aromatic carbocycles. The third-order valence-electron chi connectivity index (χ3n) is 7.42. The van der Waals surface area contributed by atoms with Gasteiger partial charge < -0.3 is 4.79 Å². The third kappa shape index (κ3) is 14.0. The number of rotatable bonds is 10. The van der Waals surface area contributed by atoms with E-state index >= 15 is 0 Å². The van der Waals surface area contributed by atoms with Gasteiger partial charge >= 0.3 is 0 Å². The van der Waals surface area contributed by atoms with E-state index in [2.05, 4.69) is 145 Å². The van der Waals surface area contributed by atoms with Gasteiger partial charge in [0.05, 0.1) is 5.25 Å². The Bertz CT molecular complexity index is 1170. The lowest BCUT2D eigenvalue weighted by atomic mass is 9.72. The van der Waals surface area contributed by atoms with Gasteiger partial charge in [-0.1, -0.05) is 119 Å². The van der Waals surface area contributed by atoms with E-state index in [1.54, 1.807) is 0 Å². The van der Waals surface area contributed by atoms with Gasteiger partial charge in [-0.15, -0.1) is 13.2 Å². The van der Waals surface area contributed by atoms with Crippen molar-refractivity contribution >= 4 is 22.2 Å². The molecule has 0 aromatic heterocycles. The van der Waals surface area contributed by atoms with Gasteiger partial charge in [0.2, 0.25) is 0 Å². The van der Waals surface area contributed by atoms with Crippen LogP contribution in [0.4, 0.5) is 0 Å². The zero-order valence-corrected chi connectivity index (χ0v) is 29.9. The van der Waals surface area contributed by atoms with Crippen LogP contribution in [0.5, 0.6) is 0 Å². The predicted molar refractivity (Wildman–Crippen MR) is 192 cm³/mol. The van der Waals surface area contributed by atoms with Gasteiger partial charge in [0.25, 0.3) is 0 Å². The summed E-state index contributed by atoms with van der Waals surface area (Å²) in [6.07, 6.45) is 5.14. The maximum Gasteiger partial charge on any atom is 0.106 e. The fraction of sp³-hybridized carbons (Fsp3) is 0.487. The first kappa shape index (κ1) is 41.5. The molecule has 0 amide bonds. The molecule has 0 heterocycles. The lowest BCUT2D eigenvalue weighted by Crippen LogP contribution is -2.34. The van der Waals surface area contributed by atoms with Crippen molar-refractivity contribution in [3.63, 3.8) is 0 Å². The molecule has 2 atom stereocenters. The zero-order valence-electron chi connectivity index (χ0n) is 29.1. The minimum absolute atomic E-state index is 0.0370. The fourth-order valence-electron chi connectivity index (χ4n) is 5.39. The van der Waals surface area contributed by atoms with Crippen molar-refractivity contribution in [1.29, 1.82) is 0 Å². The van der Waals surface area contributed by atoms with Crippen molar-refractivity contribution in [1.82, 2.24) is 0 Å². The summed E-state index contributed by atoms with van der Waals surface area (Å²) in [6.45, 7) is 34.6. The average molecular weight is 595 g/mol. The van der Waals surface area contributed by atoms with Crippen molar-refractivity contribution in [2.24, 2.45) is 17.3 Å². The summed E-state index contributed by atoms with van der Waals surface area (Å²) in [4.78, 5) is 8.87. The Kier molecular flexibility index (Phi) is 20.0. The molecule has 0 aliphatic carbocycles. The van der Waals surface area contributed by atoms with Crippen molar-refractivity contribution in [3.05, 3.63) is 101 Å². The summed E-state index contributed by atoms with van der Waals surface area (Å²) in [6, 6.07) is 16.6. The van der Waals surface area contributed by atoms with Gasteiger partial charge in [-0.2, -0.15) is 0 Å². The van der Waals surface area contributed by atoms with Gasteiger partial charge in [0, 0.05) is 14.4 Å². The molecule has 42 heavy (non-hydrogen) atoms. The zero-order chi connectivity index (χ0) is 33.3. The molecule has 2 rings (SSSR count). The third-order valence-corrected chi connectivity index (χ3v) is 9.81. The van der Waals surface area contributed by atoms with Gasteiger partial charge in [-0.3, -0.25) is 4.21 Å². The van der Waals surface area contributed by atoms with Gasteiger partial charge in [-0.05, 0) is 94.7 Å². The molecule has 2 nitrogen and oxygen atoms in total. The lowest BCUT2D eigenvalue weighted by molar-refractivity contribution is -0.0980. The second-order valence-corrected chi connectivity index (χ2v) is 15.1. The number of hydrogen-bond acceptors (Lipinski definition) is 2. The summed E-state index contributed by atoms with van der Waals surface area (Å²) in [5.74, 6) is 5.39. The van der Waals surface area contributed by atoms with Gasteiger partial charge in [0.15, 0.2) is 0 Å². The van der Waals surface area contributed by atoms with E-state index in [0.717, 1.165) is 24.2 Å². The molecule has 0 N–H and O–H groups in total. The van der Waals surface area contributed by atoms with E-state index in [4.69, 9.17) is 4.79 Å². The topological polar surface area (TPSA) is 34.1 Å². The van der Waals surface area contributed by atoms with E-state index in [-0.39, 0.29) is 10.7 Å². The largest absolute Gasteiger partial charge is 0.307 e. The molecule has 0 bridgehead atoms. The van der Waals surface area contributed by atoms with Crippen LogP contribution in [0.25, 0.3) is 0 Å². The highest BCUT2D eigenvalue weighted by Crippen LogP contribution is 2.44. The van der Waals surface area contributed by atoms with E-state index in [9.17, 15) is 4.21 Å². The van der Waals surface area contributed by atoms with E-state index in [1.165, 1.54) is 33.4 Å². The monoisotopic (exact) mass is 594 g/mol. The number of hydrogen-bond donors (Lipinski definition) is 0. The standard InChI is InChI=1S/C28H46OS.C8H10.C2H4.CH2O/c1-12-13-23(7)18-26(30(11,29)25-16-14-22(6)15-17-25)27(24(8)21(4)5)28(9,10)19-20(2)3;1-7-3-5-8(2)6-4-7;2*1-2/h13-17,20-21,26H,11-12,18-19H2,1-10H3;3-6H,1-2H3;1-2H2;1H2/b23-13+,27-24-;;;. The van der Waals surface area contributed by atoms with Crippen molar-refractivity contribution < 1.29 is 9.00 Å². The van der Waals surface area contributed by atoms with Crippen molar-refractivity contribution in [2.75, 3.05) is 0 Å². The quantitative estimate of drug-likeness (QED) is 0.202. The van der Waals surface area contributed by atoms with Crippen LogP contribution in [0.15, 0.2) is 89.4 Å². The maximum absolute atomic E-state index is 14.5. The second-order valence-electron chi connectivity index (χ2n) is 12.6. The highest BCUT2D eigenvalue weighted by Gasteiger charge is 2.37. The van der Waals surface area contributed by atoms with Crippen LogP contribution in [0.2, 0.25) is 0 Å². The lowest BCUT2D eigenvalue weighted by Gasteiger charge is -2.39. The summed E-state index contributed by atoms with van der Waals surface area (Å²) in [5.41, 5.74) is 7.84. The minimum Gasteiger partial charge on any atom is -0.307 e. The molecule has 0 saturated heterocycles. The predicted octanol–water partition coefficient (Wildman–Crippen LogP) is 11.2. The number of allylic oxidation sites excluding steroid dienone is 3. The molecule has 0 fully saturated rings. The highest BCUT2D eigenvalue weighted by molar-refractivity contribution is 8.01. The first-order valence-electron chi connectivity index (χ1n) is 15.1. The van der Waals surface area contributed by atoms with E-state index in [1.807, 2.05) is 18.9 Å². The van der Waals surface area contributed by atoms with Crippen LogP contribution in [0.3, 0.4) is 0 Å². The molecule has 0 spiro atoms. The molecule has 3 heteroatoms. The molecule has 0 aliphatic rings. The van der Waals surface area contributed by atoms with E-state index < -0.39 is 9.52 Å². The molecule has 236 valence electrons. The number of benzene rings is 2. The van der Waals surface area contributed by atoms with Crippen molar-refractivity contribution in [3.8, 4) is 0 Å². The number of carbonyl (C=O) groups excluding carboxylic acids is 1. The Balaban J connectivity index is 0. The summed E-state index contributed by atoms with van der Waals surface area (Å²) >= 11 is 0. The molecular weight excluding hydrogens is 532 g/mol. The molecule has 0 saturated carbocycles. The normalized spacial score (nSPS) is 14.2. The summed E-state index contributed by atoms with van der Waals surface area (Å²) < 4.78 is 14.5. The SMILES string of the molecule is C=C.C=O.C=S(=O)(c1ccc(C)cc1)C(C/C(C)=C/CC)/C(=C(\C)C(C)C)C(C)(C)CC(C)C.Cc1ccc(C)cc1. The molecule has 0 radical (unpaired) electrons. The van der Waals surface area contributed by atoms with Crippen LogP contribution >= 0.6 is 0 Å². The minimum atomic E-state index is -2.53. The molecule has 2 unspecified atom stereocenters. The van der Waals surface area contributed by atoms with Gasteiger partial charge in [0.1, 0.15) is 6.79 Å². The Morgan fingerprint density at radius 1 is 0.833 bits per heavy atom. The molecule has 2 aromatic rings. The average Bonchev–Trinajstić information content (AvgIpc) is 2.92. The maximum atomic E-state index is 14.5. The number of carbonyl (C=O) groups is 1. The summed E-state index contributed by atoms with van der Waals surface area (Å²) in [5, 5.41) is -0.0980. The van der Waals surface area contributed by atoms with E-state index in [0.29, 0.717) is 11.8 Å². The van der Waals surface area contributed by atoms with Gasteiger partial charge in [-0.25, -0.2) is 0 Å². The fourth-order valence-corrected chi connectivity index (χ4v) is 7.73. The Hall–Kier alpha value is -2.65. The first-order chi connectivity index (χ1) is 19.5. The van der Waals surface area contributed by atoms with Crippen LogP contribution < -0.4 is 0 Å². The first-order valence-corrected chi connectivity index (χ1v) is 16.9. The smallest absolute Gasteiger partial charge is 0.106 e. The molecule has 0 aliphatic heterocycles. The number of aryl methyl sites for hydroxylation is 3. The molecular formula is C39H62O2S. The van der Waals surface area contributed by atoms with Crippen LogP contribution in [0.1, 0.15) is 98.3 Å². The van der Waals surface area contributed by atoms with Crippen LogP contribution in [-0.2, 0) is 14.3 Å². The Morgan fingerprint density at radius 2 is 1.21 bits per heavy atom. The van der Waals surface area contributed by atoms with Crippen molar-refractivity contribution in [2.45, 2.75) is 112 Å². The highest BCUT2D eigenvalue weighted by atomic mass is 32.2.